The second-order valence-corrected chi connectivity index (χ2v) is 12.2. The predicted octanol–water partition coefficient (Wildman–Crippen LogP) is 3.90. The second kappa shape index (κ2) is 12.1. The Hall–Kier alpha value is -3.47. The molecule has 10 nitrogen and oxygen atoms in total. The van der Waals surface area contributed by atoms with Crippen LogP contribution in [0.4, 0.5) is 22.0 Å². The number of amidine groups is 1. The highest BCUT2D eigenvalue weighted by Crippen LogP contribution is 2.42. The molecule has 44 heavy (non-hydrogen) atoms. The summed E-state index contributed by atoms with van der Waals surface area (Å²) in [5, 5.41) is 15.5. The molecule has 0 bridgehead atoms. The van der Waals surface area contributed by atoms with Crippen LogP contribution in [0.3, 0.4) is 0 Å². The van der Waals surface area contributed by atoms with Crippen molar-refractivity contribution < 1.29 is 46.2 Å². The monoisotopic (exact) mass is 643 g/mol. The topological polar surface area (TPSA) is 117 Å². The van der Waals surface area contributed by atoms with Crippen LogP contribution in [0.2, 0.25) is 0 Å². The smallest absolute Gasteiger partial charge is 0.338 e. The number of carbonyl (C=O) groups is 2. The van der Waals surface area contributed by atoms with E-state index in [-0.39, 0.29) is 49.8 Å². The van der Waals surface area contributed by atoms with Crippen LogP contribution in [0.5, 0.6) is 0 Å². The summed E-state index contributed by atoms with van der Waals surface area (Å²) >= 11 is 1.15. The van der Waals surface area contributed by atoms with Gasteiger partial charge < -0.3 is 15.2 Å². The molecule has 2 aromatic rings. The van der Waals surface area contributed by atoms with Crippen molar-refractivity contribution >= 4 is 29.1 Å². The van der Waals surface area contributed by atoms with Gasteiger partial charge in [0.05, 0.1) is 36.8 Å². The van der Waals surface area contributed by atoms with E-state index in [1.54, 1.807) is 5.38 Å². The number of esters is 1. The lowest BCUT2D eigenvalue weighted by molar-refractivity contribution is -0.186. The molecule has 2 saturated heterocycles. The summed E-state index contributed by atoms with van der Waals surface area (Å²) in [6, 6.07) is -2.12. The zero-order chi connectivity index (χ0) is 32.0. The molecule has 238 valence electrons. The predicted molar refractivity (Wildman–Crippen MR) is 147 cm³/mol. The van der Waals surface area contributed by atoms with Crippen molar-refractivity contribution in [1.29, 1.82) is 0 Å². The number of hydrogen-bond donors (Lipinski definition) is 2. The van der Waals surface area contributed by atoms with E-state index in [1.807, 2.05) is 0 Å². The molecule has 2 fully saturated rings. The highest BCUT2D eigenvalue weighted by Gasteiger charge is 2.61. The summed E-state index contributed by atoms with van der Waals surface area (Å²) in [4.78, 5) is 40.5. The molecule has 1 aromatic carbocycles. The maximum absolute atomic E-state index is 15.5. The van der Waals surface area contributed by atoms with Gasteiger partial charge in [0, 0.05) is 35.9 Å². The fourth-order valence-corrected chi connectivity index (χ4v) is 6.07. The van der Waals surface area contributed by atoms with E-state index in [2.05, 4.69) is 15.3 Å². The van der Waals surface area contributed by atoms with Crippen LogP contribution in [0.25, 0.3) is 0 Å². The first-order chi connectivity index (χ1) is 20.7. The molecule has 5 rings (SSSR count). The quantitative estimate of drug-likeness (QED) is 0.226. The summed E-state index contributed by atoms with van der Waals surface area (Å²) in [5.74, 6) is -9.99. The largest absolute Gasteiger partial charge is 0.481 e. The molecule has 3 aliphatic rings. The number of likely N-dealkylation sites (tertiary alicyclic amines) is 1. The van der Waals surface area contributed by atoms with Crippen LogP contribution in [-0.2, 0) is 19.2 Å². The number of rotatable bonds is 10. The lowest BCUT2D eigenvalue weighted by Crippen LogP contribution is -2.46. The first-order valence-electron chi connectivity index (χ1n) is 13.8. The number of carboxylic acid groups (broad SMARTS) is 1. The minimum Gasteiger partial charge on any atom is -0.481 e. The summed E-state index contributed by atoms with van der Waals surface area (Å²) in [6.45, 7) is 3.21. The number of thiazole rings is 1. The molecule has 0 amide bonds. The van der Waals surface area contributed by atoms with Crippen molar-refractivity contribution in [2.75, 3.05) is 32.8 Å². The van der Waals surface area contributed by atoms with Crippen molar-refractivity contribution in [2.24, 2.45) is 10.4 Å². The molecule has 0 spiro atoms. The number of nitrogens with one attached hydrogen (secondary N) is 1. The normalized spacial score (nSPS) is 23.8. The number of hydrogen-bond acceptors (Lipinski definition) is 10. The average Bonchev–Trinajstić information content (AvgIpc) is 3.70. The van der Waals surface area contributed by atoms with Gasteiger partial charge in [-0.3, -0.25) is 19.5 Å². The van der Waals surface area contributed by atoms with E-state index in [1.165, 1.54) is 31.9 Å². The Bertz CT molecular complexity index is 1500. The zero-order valence-corrected chi connectivity index (χ0v) is 24.8. The summed E-state index contributed by atoms with van der Waals surface area (Å²) in [7, 11) is 0. The maximum Gasteiger partial charge on any atom is 0.338 e. The number of aliphatic carboxylic acids is 1. The molecule has 4 heterocycles. The van der Waals surface area contributed by atoms with Crippen molar-refractivity contribution in [3.63, 3.8) is 0 Å². The average molecular weight is 644 g/mol. The van der Waals surface area contributed by atoms with Gasteiger partial charge in [-0.2, -0.15) is 5.06 Å². The third-order valence-electron chi connectivity index (χ3n) is 7.91. The van der Waals surface area contributed by atoms with Crippen molar-refractivity contribution in [3.05, 3.63) is 63.0 Å². The number of carbonyl (C=O) groups excluding carboxylic acids is 1. The van der Waals surface area contributed by atoms with Gasteiger partial charge >= 0.3 is 11.9 Å². The van der Waals surface area contributed by atoms with Crippen molar-refractivity contribution in [3.8, 4) is 0 Å². The Morgan fingerprint density at radius 2 is 2.00 bits per heavy atom. The highest BCUT2D eigenvalue weighted by atomic mass is 32.1. The van der Waals surface area contributed by atoms with Crippen LogP contribution in [0.15, 0.2) is 40.0 Å². The number of halogens is 5. The number of carboxylic acids is 1. The number of ether oxygens (including phenoxy) is 1. The lowest BCUT2D eigenvalue weighted by Gasteiger charge is -2.30. The Morgan fingerprint density at radius 1 is 1.25 bits per heavy atom. The summed E-state index contributed by atoms with van der Waals surface area (Å²) in [6.07, 6.45) is 1.53. The Balaban J connectivity index is 1.52. The number of nitrogens with zero attached hydrogens (tertiary/aromatic N) is 4. The van der Waals surface area contributed by atoms with Gasteiger partial charge in [-0.1, -0.05) is 6.07 Å². The highest BCUT2D eigenvalue weighted by molar-refractivity contribution is 7.11. The molecule has 0 saturated carbocycles. The van der Waals surface area contributed by atoms with Gasteiger partial charge in [0.2, 0.25) is 0 Å². The third kappa shape index (κ3) is 5.95. The van der Waals surface area contributed by atoms with E-state index in [9.17, 15) is 23.5 Å². The number of alkyl halides is 2. The lowest BCUT2D eigenvalue weighted by atomic mass is 9.89. The Kier molecular flexibility index (Phi) is 8.81. The third-order valence-corrected chi connectivity index (χ3v) is 8.69. The van der Waals surface area contributed by atoms with E-state index in [0.29, 0.717) is 11.1 Å². The van der Waals surface area contributed by atoms with Gasteiger partial charge in [0.15, 0.2) is 28.3 Å². The van der Waals surface area contributed by atoms with E-state index in [0.717, 1.165) is 22.5 Å². The summed E-state index contributed by atoms with van der Waals surface area (Å²) in [5.41, 5.74) is -1.85. The molecule has 2 N–H and O–H groups in total. The van der Waals surface area contributed by atoms with E-state index in [4.69, 9.17) is 9.57 Å². The number of fused-ring (bicyclic) bond motifs is 1. The molecule has 3 atom stereocenters. The number of aromatic nitrogens is 1. The number of benzene rings is 1. The summed E-state index contributed by atoms with van der Waals surface area (Å²) < 4.78 is 79.6. The van der Waals surface area contributed by atoms with Gasteiger partial charge in [-0.05, 0) is 33.3 Å². The minimum absolute atomic E-state index is 0.0414. The molecule has 0 unspecified atom stereocenters. The maximum atomic E-state index is 15.5. The van der Waals surface area contributed by atoms with Crippen molar-refractivity contribution in [1.82, 2.24) is 20.3 Å². The van der Waals surface area contributed by atoms with Gasteiger partial charge in [-0.15, -0.1) is 11.3 Å². The molecule has 1 aromatic heterocycles. The zero-order valence-electron chi connectivity index (χ0n) is 24.0. The SMILES string of the molecule is CCOC(=O)C1=C(CN2CC(F)(F)[C@@H]3[C@H]2CON3CCC(C)(C)C(=O)O)NC(c2nccs2)=N[C@H]1c1ccc(F)c(F)c1F. The van der Waals surface area contributed by atoms with E-state index >= 15 is 13.2 Å². The van der Waals surface area contributed by atoms with Crippen molar-refractivity contribution in [2.45, 2.75) is 51.2 Å². The molecular formula is C28H30F5N5O5S. The second-order valence-electron chi connectivity index (χ2n) is 11.3. The van der Waals surface area contributed by atoms with Crippen LogP contribution >= 0.6 is 11.3 Å². The number of hydroxylamine groups is 2. The number of aliphatic imine (C=N–C) groups is 1. The first kappa shape index (κ1) is 31.9. The first-order valence-corrected chi connectivity index (χ1v) is 14.7. The van der Waals surface area contributed by atoms with E-state index < -0.39 is 71.0 Å². The molecule has 0 radical (unpaired) electrons. The minimum atomic E-state index is -3.29. The Morgan fingerprint density at radius 3 is 2.66 bits per heavy atom. The van der Waals surface area contributed by atoms with Gasteiger partial charge in [0.1, 0.15) is 12.1 Å². The molecule has 3 aliphatic heterocycles. The van der Waals surface area contributed by atoms with Crippen LogP contribution < -0.4 is 5.32 Å². The van der Waals surface area contributed by atoms with Crippen LogP contribution in [0, 0.1) is 22.9 Å². The van der Waals surface area contributed by atoms with Crippen LogP contribution in [0.1, 0.15) is 43.8 Å². The fourth-order valence-electron chi connectivity index (χ4n) is 5.49. The Labute approximate surface area is 253 Å². The standard InChI is InChI=1S/C28H30F5N5O5S/c1-4-42-25(39)18-16(11-37-13-28(32,33)22-17(37)12-43-38(22)9-7-27(2,3)26(40)41)35-23(24-34-8-10-44-24)36-21(18)14-5-6-15(29)20(31)19(14)30/h5-6,8,10,17,21-22H,4,7,9,11-13H2,1-3H3,(H,35,36)(H,40,41)/t17-,21+,22+/m1/s1. The van der Waals surface area contributed by atoms with Gasteiger partial charge in [0.25, 0.3) is 5.92 Å². The van der Waals surface area contributed by atoms with Gasteiger partial charge in [-0.25, -0.2) is 31.7 Å². The fraction of sp³-hybridized carbons (Fsp3) is 0.500. The molecular weight excluding hydrogens is 613 g/mol. The molecule has 16 heteroatoms. The van der Waals surface area contributed by atoms with Crippen LogP contribution in [-0.4, -0.2) is 88.7 Å². The molecule has 0 aliphatic carbocycles.